The standard InChI is InChI=1S/C21H16BrN3O2/c1-26-21-10-8-16(27-21)13-23-25-20-12-17(14-5-3-2-4-6-14)18-11-15(22)7-9-19(18)24-20/h2-13H,1H3,(H,24,25)/b23-13+. The number of nitrogens with one attached hydrogen (secondary N) is 1. The Morgan fingerprint density at radius 3 is 2.70 bits per heavy atom. The molecule has 0 atom stereocenters. The molecular formula is C21H16BrN3O2. The van der Waals surface area contributed by atoms with Gasteiger partial charge in [-0.2, -0.15) is 5.10 Å². The number of nitrogens with zero attached hydrogens (tertiary/aromatic N) is 2. The fourth-order valence-corrected chi connectivity index (χ4v) is 3.15. The van der Waals surface area contributed by atoms with Crippen molar-refractivity contribution < 1.29 is 9.15 Å². The van der Waals surface area contributed by atoms with Crippen molar-refractivity contribution in [3.8, 4) is 17.1 Å². The molecular weight excluding hydrogens is 406 g/mol. The maximum Gasteiger partial charge on any atom is 0.284 e. The highest BCUT2D eigenvalue weighted by atomic mass is 79.9. The second-order valence-corrected chi connectivity index (χ2v) is 6.73. The minimum atomic E-state index is 0.442. The largest absolute Gasteiger partial charge is 0.468 e. The highest BCUT2D eigenvalue weighted by molar-refractivity contribution is 9.10. The maximum absolute atomic E-state index is 5.41. The smallest absolute Gasteiger partial charge is 0.284 e. The summed E-state index contributed by atoms with van der Waals surface area (Å²) < 4.78 is 11.4. The fraction of sp³-hybridized carbons (Fsp3) is 0.0476. The van der Waals surface area contributed by atoms with Gasteiger partial charge in [-0.3, -0.25) is 5.43 Å². The summed E-state index contributed by atoms with van der Waals surface area (Å²) in [5, 5.41) is 5.29. The Kier molecular flexibility index (Phi) is 4.89. The lowest BCUT2D eigenvalue weighted by molar-refractivity contribution is 0.303. The third-order valence-electron chi connectivity index (χ3n) is 4.03. The van der Waals surface area contributed by atoms with Crippen molar-refractivity contribution in [3.05, 3.63) is 77.0 Å². The van der Waals surface area contributed by atoms with E-state index in [-0.39, 0.29) is 0 Å². The molecule has 0 aliphatic heterocycles. The van der Waals surface area contributed by atoms with Gasteiger partial charge in [0.1, 0.15) is 5.82 Å². The van der Waals surface area contributed by atoms with Gasteiger partial charge in [-0.15, -0.1) is 0 Å². The predicted octanol–water partition coefficient (Wildman–Crippen LogP) is 5.71. The number of methoxy groups -OCH3 is 1. The van der Waals surface area contributed by atoms with Gasteiger partial charge >= 0.3 is 0 Å². The average molecular weight is 422 g/mol. The summed E-state index contributed by atoms with van der Waals surface area (Å²) >= 11 is 3.55. The Labute approximate surface area is 164 Å². The molecule has 134 valence electrons. The van der Waals surface area contributed by atoms with Crippen LogP contribution >= 0.6 is 15.9 Å². The molecule has 2 aromatic carbocycles. The molecule has 0 aliphatic rings. The third kappa shape index (κ3) is 3.85. The number of ether oxygens (including phenoxy) is 1. The summed E-state index contributed by atoms with van der Waals surface area (Å²) in [5.74, 6) is 1.68. The van der Waals surface area contributed by atoms with Gasteiger partial charge in [0.2, 0.25) is 0 Å². The van der Waals surface area contributed by atoms with Gasteiger partial charge in [0.05, 0.1) is 18.8 Å². The minimum absolute atomic E-state index is 0.442. The van der Waals surface area contributed by atoms with E-state index in [1.807, 2.05) is 36.4 Å². The van der Waals surface area contributed by atoms with Crippen molar-refractivity contribution in [1.82, 2.24) is 4.98 Å². The van der Waals surface area contributed by atoms with Gasteiger partial charge in [0.15, 0.2) is 5.76 Å². The minimum Gasteiger partial charge on any atom is -0.468 e. The Hall–Kier alpha value is -3.12. The second-order valence-electron chi connectivity index (χ2n) is 5.81. The number of fused-ring (bicyclic) bond motifs is 1. The second kappa shape index (κ2) is 7.63. The van der Waals surface area contributed by atoms with Gasteiger partial charge < -0.3 is 9.15 Å². The first-order valence-electron chi connectivity index (χ1n) is 8.31. The quantitative estimate of drug-likeness (QED) is 0.331. The molecule has 0 unspecified atom stereocenters. The lowest BCUT2D eigenvalue weighted by Gasteiger charge is -2.10. The lowest BCUT2D eigenvalue weighted by Crippen LogP contribution is -1.95. The number of hydrazone groups is 1. The van der Waals surface area contributed by atoms with E-state index < -0.39 is 0 Å². The first-order valence-corrected chi connectivity index (χ1v) is 9.11. The van der Waals surface area contributed by atoms with Crippen molar-refractivity contribution >= 4 is 38.9 Å². The van der Waals surface area contributed by atoms with E-state index in [9.17, 15) is 0 Å². The van der Waals surface area contributed by atoms with E-state index in [1.54, 1.807) is 25.5 Å². The molecule has 0 saturated heterocycles. The number of aromatic nitrogens is 1. The third-order valence-corrected chi connectivity index (χ3v) is 4.52. The Morgan fingerprint density at radius 1 is 1.07 bits per heavy atom. The monoisotopic (exact) mass is 421 g/mol. The topological polar surface area (TPSA) is 59.6 Å². The first kappa shape index (κ1) is 17.3. The van der Waals surface area contributed by atoms with Crippen LogP contribution in [0, 0.1) is 0 Å². The molecule has 27 heavy (non-hydrogen) atoms. The van der Waals surface area contributed by atoms with Crippen LogP contribution in [-0.2, 0) is 0 Å². The van der Waals surface area contributed by atoms with Gasteiger partial charge in [-0.05, 0) is 41.5 Å². The summed E-state index contributed by atoms with van der Waals surface area (Å²) in [4.78, 5) is 4.65. The number of hydrogen-bond acceptors (Lipinski definition) is 5. The number of anilines is 1. The van der Waals surface area contributed by atoms with Crippen LogP contribution in [0.3, 0.4) is 0 Å². The van der Waals surface area contributed by atoms with Crippen molar-refractivity contribution in [2.24, 2.45) is 5.10 Å². The van der Waals surface area contributed by atoms with E-state index in [0.717, 1.165) is 26.5 Å². The van der Waals surface area contributed by atoms with Crippen LogP contribution in [0.5, 0.6) is 5.95 Å². The Bertz CT molecular complexity index is 1110. The number of furan rings is 1. The van der Waals surface area contributed by atoms with E-state index >= 15 is 0 Å². The molecule has 1 N–H and O–H groups in total. The summed E-state index contributed by atoms with van der Waals surface area (Å²) in [6.45, 7) is 0. The zero-order valence-electron chi connectivity index (χ0n) is 14.5. The Balaban J connectivity index is 1.70. The van der Waals surface area contributed by atoms with Gasteiger partial charge in [-0.25, -0.2) is 4.98 Å². The molecule has 0 aliphatic carbocycles. The van der Waals surface area contributed by atoms with E-state index in [2.05, 4.69) is 49.6 Å². The number of pyridine rings is 1. The number of benzene rings is 2. The average Bonchev–Trinajstić information content (AvgIpc) is 3.16. The fourth-order valence-electron chi connectivity index (χ4n) is 2.79. The normalized spacial score (nSPS) is 11.2. The van der Waals surface area contributed by atoms with E-state index in [1.165, 1.54) is 0 Å². The SMILES string of the molecule is COc1ccc(/C=N/Nc2cc(-c3ccccc3)c3cc(Br)ccc3n2)o1. The predicted molar refractivity (Wildman–Crippen MR) is 111 cm³/mol. The van der Waals surface area contributed by atoms with Gasteiger partial charge in [-0.1, -0.05) is 46.3 Å². The van der Waals surface area contributed by atoms with Crippen LogP contribution in [0.25, 0.3) is 22.0 Å². The van der Waals surface area contributed by atoms with E-state index in [4.69, 9.17) is 9.15 Å². The first-order chi connectivity index (χ1) is 13.2. The molecule has 0 amide bonds. The van der Waals surface area contributed by atoms with Crippen LogP contribution in [0.15, 0.2) is 80.7 Å². The molecule has 0 bridgehead atoms. The molecule has 5 nitrogen and oxygen atoms in total. The number of halogens is 1. The highest BCUT2D eigenvalue weighted by Gasteiger charge is 2.08. The lowest BCUT2D eigenvalue weighted by atomic mass is 10.0. The summed E-state index contributed by atoms with van der Waals surface area (Å²) in [5.41, 5.74) is 6.07. The highest BCUT2D eigenvalue weighted by Crippen LogP contribution is 2.32. The molecule has 2 aromatic heterocycles. The van der Waals surface area contributed by atoms with Crippen LogP contribution < -0.4 is 10.2 Å². The Morgan fingerprint density at radius 2 is 1.93 bits per heavy atom. The van der Waals surface area contributed by atoms with Crippen LogP contribution in [-0.4, -0.2) is 18.3 Å². The van der Waals surface area contributed by atoms with Gasteiger partial charge in [0.25, 0.3) is 5.95 Å². The zero-order chi connectivity index (χ0) is 18.6. The molecule has 2 heterocycles. The summed E-state index contributed by atoms with van der Waals surface area (Å²) in [7, 11) is 1.56. The number of hydrogen-bond donors (Lipinski definition) is 1. The zero-order valence-corrected chi connectivity index (χ0v) is 16.1. The maximum atomic E-state index is 5.41. The van der Waals surface area contributed by atoms with Crippen LogP contribution in [0.2, 0.25) is 0 Å². The van der Waals surface area contributed by atoms with Crippen LogP contribution in [0.1, 0.15) is 5.76 Å². The molecule has 0 spiro atoms. The van der Waals surface area contributed by atoms with Gasteiger partial charge in [0, 0.05) is 15.9 Å². The van der Waals surface area contributed by atoms with Crippen LogP contribution in [0.4, 0.5) is 5.82 Å². The van der Waals surface area contributed by atoms with Crippen molar-refractivity contribution in [1.29, 1.82) is 0 Å². The molecule has 4 aromatic rings. The van der Waals surface area contributed by atoms with Crippen molar-refractivity contribution in [2.45, 2.75) is 0 Å². The molecule has 6 heteroatoms. The summed E-state index contributed by atoms with van der Waals surface area (Å²) in [6.07, 6.45) is 1.58. The van der Waals surface area contributed by atoms with Crippen molar-refractivity contribution in [2.75, 3.05) is 12.5 Å². The molecule has 4 rings (SSSR count). The summed E-state index contributed by atoms with van der Waals surface area (Å²) in [6, 6.07) is 21.8. The molecule has 0 saturated carbocycles. The van der Waals surface area contributed by atoms with Crippen molar-refractivity contribution in [3.63, 3.8) is 0 Å². The number of rotatable bonds is 5. The van der Waals surface area contributed by atoms with E-state index in [0.29, 0.717) is 17.5 Å². The molecule has 0 fully saturated rings. The molecule has 0 radical (unpaired) electrons.